The molecular weight excluding hydrogens is 635 g/mol. The second-order valence-corrected chi connectivity index (χ2v) is 13.4. The van der Waals surface area contributed by atoms with Gasteiger partial charge in [-0.1, -0.05) is 24.3 Å². The summed E-state index contributed by atoms with van der Waals surface area (Å²) in [5.41, 5.74) is 3.71. The molecule has 0 bridgehead atoms. The normalized spacial score (nSPS) is 20.1. The Morgan fingerprint density at radius 3 is 2.45 bits per heavy atom. The van der Waals surface area contributed by atoms with Crippen LogP contribution in [0.3, 0.4) is 0 Å². The molecule has 2 unspecified atom stereocenters. The number of imidazole rings is 2. The SMILES string of the molecule is COc1ncnc(C2CC2)c1-c1nc(N2CCCC2c2ccc(-c3nc(C(F)(F)F)cn3C(C)C)cc2)c2c(ncn2C2CCCCO2)n1. The van der Waals surface area contributed by atoms with Crippen molar-refractivity contribution in [2.24, 2.45) is 0 Å². The molecule has 14 heteroatoms. The van der Waals surface area contributed by atoms with E-state index in [0.717, 1.165) is 80.3 Å². The highest BCUT2D eigenvalue weighted by Gasteiger charge is 2.37. The Morgan fingerprint density at radius 1 is 0.939 bits per heavy atom. The molecule has 1 aliphatic carbocycles. The number of hydrogen-bond donors (Lipinski definition) is 0. The molecule has 1 saturated carbocycles. The molecule has 3 fully saturated rings. The Labute approximate surface area is 281 Å². The second-order valence-electron chi connectivity index (χ2n) is 13.4. The summed E-state index contributed by atoms with van der Waals surface area (Å²) in [6, 6.07) is 7.48. The van der Waals surface area contributed by atoms with E-state index >= 15 is 0 Å². The highest BCUT2D eigenvalue weighted by molar-refractivity contribution is 5.87. The summed E-state index contributed by atoms with van der Waals surface area (Å²) in [7, 11) is 1.59. The number of rotatable bonds is 8. The van der Waals surface area contributed by atoms with Crippen molar-refractivity contribution < 1.29 is 22.6 Å². The minimum Gasteiger partial charge on any atom is -0.480 e. The van der Waals surface area contributed by atoms with Crippen LogP contribution in [0, 0.1) is 0 Å². The molecule has 5 aromatic rings. The van der Waals surface area contributed by atoms with Gasteiger partial charge in [0.25, 0.3) is 0 Å². The van der Waals surface area contributed by atoms with E-state index in [1.165, 1.54) is 6.33 Å². The predicted molar refractivity (Wildman–Crippen MR) is 176 cm³/mol. The van der Waals surface area contributed by atoms with Crippen LogP contribution in [-0.2, 0) is 10.9 Å². The minimum atomic E-state index is -4.52. The van der Waals surface area contributed by atoms with Gasteiger partial charge in [0.05, 0.1) is 25.2 Å². The monoisotopic (exact) mass is 673 g/mol. The molecule has 2 saturated heterocycles. The number of methoxy groups -OCH3 is 1. The van der Waals surface area contributed by atoms with Crippen LogP contribution >= 0.6 is 0 Å². The zero-order valence-corrected chi connectivity index (χ0v) is 27.7. The maximum absolute atomic E-state index is 13.6. The standard InChI is InChI=1S/C35H38F3N9O2/c1-20(2)46-17-25(35(36,37)38)42-32(46)23-13-9-21(10-14-23)24-7-6-15-45(24)33-29-31(41-19-47(29)26-8-4-5-16-49-26)43-30(44-33)27-28(22-11-12-22)39-18-40-34(27)48-3/h9-10,13-14,17-20,22,24,26H,4-8,11-12,15-16H2,1-3H3. The van der Waals surface area contributed by atoms with Gasteiger partial charge in [-0.2, -0.15) is 13.2 Å². The van der Waals surface area contributed by atoms with Crippen molar-refractivity contribution >= 4 is 17.0 Å². The van der Waals surface area contributed by atoms with Gasteiger partial charge in [-0.3, -0.25) is 4.57 Å². The number of anilines is 1. The van der Waals surface area contributed by atoms with Crippen molar-refractivity contribution in [2.75, 3.05) is 25.2 Å². The Kier molecular flexibility index (Phi) is 8.00. The average molecular weight is 674 g/mol. The van der Waals surface area contributed by atoms with Crippen molar-refractivity contribution in [3.8, 4) is 28.7 Å². The molecular formula is C35H38F3N9O2. The number of aromatic nitrogens is 8. The molecule has 11 nitrogen and oxygen atoms in total. The van der Waals surface area contributed by atoms with E-state index in [1.807, 2.05) is 38.1 Å². The van der Waals surface area contributed by atoms with Gasteiger partial charge in [0, 0.05) is 36.9 Å². The molecule has 2 aliphatic heterocycles. The fourth-order valence-electron chi connectivity index (χ4n) is 7.17. The van der Waals surface area contributed by atoms with Crippen LogP contribution < -0.4 is 9.64 Å². The highest BCUT2D eigenvalue weighted by Crippen LogP contribution is 2.46. The first-order valence-corrected chi connectivity index (χ1v) is 17.0. The number of ether oxygens (including phenoxy) is 2. The Morgan fingerprint density at radius 2 is 1.76 bits per heavy atom. The topological polar surface area (TPSA) is 109 Å². The van der Waals surface area contributed by atoms with Crippen LogP contribution in [-0.4, -0.2) is 59.3 Å². The maximum Gasteiger partial charge on any atom is 0.434 e. The van der Waals surface area contributed by atoms with Crippen LogP contribution in [0.5, 0.6) is 5.88 Å². The van der Waals surface area contributed by atoms with Crippen LogP contribution in [0.2, 0.25) is 0 Å². The minimum absolute atomic E-state index is 0.0389. The average Bonchev–Trinajstić information content (AvgIpc) is 3.46. The van der Waals surface area contributed by atoms with Gasteiger partial charge in [0.15, 0.2) is 23.0 Å². The van der Waals surface area contributed by atoms with Crippen molar-refractivity contribution in [1.82, 2.24) is 39.0 Å². The lowest BCUT2D eigenvalue weighted by molar-refractivity contribution is -0.140. The number of halogens is 3. The van der Waals surface area contributed by atoms with E-state index in [0.29, 0.717) is 46.8 Å². The second kappa shape index (κ2) is 12.4. The summed E-state index contributed by atoms with van der Waals surface area (Å²) in [6.07, 6.45) is 6.55. The molecule has 0 amide bonds. The summed E-state index contributed by atoms with van der Waals surface area (Å²) in [6.45, 7) is 5.13. The third kappa shape index (κ3) is 5.79. The van der Waals surface area contributed by atoms with Crippen molar-refractivity contribution in [1.29, 1.82) is 0 Å². The van der Waals surface area contributed by atoms with E-state index < -0.39 is 11.9 Å². The number of nitrogens with zero attached hydrogens (tertiary/aromatic N) is 9. The zero-order chi connectivity index (χ0) is 33.9. The zero-order valence-electron chi connectivity index (χ0n) is 27.7. The summed E-state index contributed by atoms with van der Waals surface area (Å²) in [4.78, 5) is 30.4. The summed E-state index contributed by atoms with van der Waals surface area (Å²) in [5.74, 6) is 2.24. The molecule has 0 N–H and O–H groups in total. The number of fused-ring (bicyclic) bond motifs is 1. The number of benzene rings is 1. The van der Waals surface area contributed by atoms with Crippen molar-refractivity contribution in [3.05, 3.63) is 60.1 Å². The van der Waals surface area contributed by atoms with Gasteiger partial charge in [-0.05, 0) is 64.4 Å². The Hall–Kier alpha value is -4.59. The largest absolute Gasteiger partial charge is 0.480 e. The first kappa shape index (κ1) is 31.7. The summed E-state index contributed by atoms with van der Waals surface area (Å²) < 4.78 is 56.3. The van der Waals surface area contributed by atoms with Crippen molar-refractivity contribution in [3.63, 3.8) is 0 Å². The fourth-order valence-corrected chi connectivity index (χ4v) is 7.17. The molecule has 256 valence electrons. The Balaban J connectivity index is 1.22. The van der Waals surface area contributed by atoms with E-state index in [4.69, 9.17) is 24.4 Å². The van der Waals surface area contributed by atoms with Crippen LogP contribution in [0.15, 0.2) is 43.1 Å². The third-order valence-corrected chi connectivity index (χ3v) is 9.76. The summed E-state index contributed by atoms with van der Waals surface area (Å²) in [5, 5.41) is 0. The van der Waals surface area contributed by atoms with E-state index in [9.17, 15) is 13.2 Å². The molecule has 3 aliphatic rings. The smallest absolute Gasteiger partial charge is 0.434 e. The third-order valence-electron chi connectivity index (χ3n) is 9.76. The van der Waals surface area contributed by atoms with Crippen LogP contribution in [0.1, 0.15) is 100.0 Å². The highest BCUT2D eigenvalue weighted by atomic mass is 19.4. The van der Waals surface area contributed by atoms with Crippen LogP contribution in [0.25, 0.3) is 33.9 Å². The van der Waals surface area contributed by atoms with Gasteiger partial charge in [0.2, 0.25) is 5.88 Å². The lowest BCUT2D eigenvalue weighted by Crippen LogP contribution is -2.26. The van der Waals surface area contributed by atoms with Gasteiger partial charge in [-0.25, -0.2) is 29.9 Å². The predicted octanol–water partition coefficient (Wildman–Crippen LogP) is 7.67. The first-order chi connectivity index (χ1) is 23.7. The number of hydrogen-bond acceptors (Lipinski definition) is 9. The van der Waals surface area contributed by atoms with Crippen LogP contribution in [0.4, 0.5) is 19.0 Å². The van der Waals surface area contributed by atoms with Gasteiger partial charge >= 0.3 is 6.18 Å². The first-order valence-electron chi connectivity index (χ1n) is 17.0. The molecule has 0 spiro atoms. The van der Waals surface area contributed by atoms with Crippen molar-refractivity contribution in [2.45, 2.75) is 89.2 Å². The van der Waals surface area contributed by atoms with E-state index in [1.54, 1.807) is 18.0 Å². The lowest BCUT2D eigenvalue weighted by Gasteiger charge is -2.29. The molecule has 8 rings (SSSR count). The van der Waals surface area contributed by atoms with Gasteiger partial charge < -0.3 is 18.9 Å². The fraction of sp³-hybridized carbons (Fsp3) is 0.486. The number of alkyl halides is 3. The molecule has 4 aromatic heterocycles. The summed E-state index contributed by atoms with van der Waals surface area (Å²) >= 11 is 0. The maximum atomic E-state index is 13.6. The molecule has 49 heavy (non-hydrogen) atoms. The quantitative estimate of drug-likeness (QED) is 0.164. The van der Waals surface area contributed by atoms with Gasteiger partial charge in [0.1, 0.15) is 29.5 Å². The van der Waals surface area contributed by atoms with E-state index in [2.05, 4.69) is 24.4 Å². The lowest BCUT2D eigenvalue weighted by atomic mass is 10.0. The van der Waals surface area contributed by atoms with Gasteiger partial charge in [-0.15, -0.1) is 0 Å². The molecule has 6 heterocycles. The molecule has 0 radical (unpaired) electrons. The Bertz CT molecular complexity index is 1980. The molecule has 2 atom stereocenters. The van der Waals surface area contributed by atoms with E-state index in [-0.39, 0.29) is 18.3 Å². The molecule has 1 aromatic carbocycles.